The zero-order chi connectivity index (χ0) is 12.4. The molecule has 92 valence electrons. The van der Waals surface area contributed by atoms with E-state index in [-0.39, 0.29) is 11.7 Å². The third-order valence-electron chi connectivity index (χ3n) is 2.63. The Labute approximate surface area is 96.0 Å². The summed E-state index contributed by atoms with van der Waals surface area (Å²) >= 11 is 0. The number of nitrogens with zero attached hydrogens (tertiary/aromatic N) is 1. The first-order valence-corrected chi connectivity index (χ1v) is 5.18. The molecule has 0 bridgehead atoms. The molecule has 2 N–H and O–H groups in total. The molecule has 5 nitrogen and oxygen atoms in total. The molecule has 1 unspecified atom stereocenters. The molecule has 1 atom stereocenters. The second-order valence-electron chi connectivity index (χ2n) is 3.87. The quantitative estimate of drug-likeness (QED) is 0.625. The number of hydrogen-bond donors (Lipinski definition) is 2. The average Bonchev–Trinajstić information content (AvgIpc) is 2.68. The van der Waals surface area contributed by atoms with Crippen molar-refractivity contribution >= 4 is 11.4 Å². The number of benzene rings is 1. The van der Waals surface area contributed by atoms with Gasteiger partial charge in [0.05, 0.1) is 4.92 Å². The Morgan fingerprint density at radius 1 is 1.47 bits per heavy atom. The number of hydrogen-bond acceptors (Lipinski definition) is 4. The molecule has 0 amide bonds. The van der Waals surface area contributed by atoms with Crippen LogP contribution < -0.4 is 10.6 Å². The van der Waals surface area contributed by atoms with Gasteiger partial charge in [0.15, 0.2) is 0 Å². The van der Waals surface area contributed by atoms with E-state index in [2.05, 4.69) is 10.6 Å². The predicted molar refractivity (Wildman–Crippen MR) is 57.9 cm³/mol. The Morgan fingerprint density at radius 2 is 2.24 bits per heavy atom. The van der Waals surface area contributed by atoms with Crippen molar-refractivity contribution < 1.29 is 13.7 Å². The van der Waals surface area contributed by atoms with Crippen molar-refractivity contribution in [1.82, 2.24) is 5.32 Å². The molecule has 1 aromatic rings. The van der Waals surface area contributed by atoms with E-state index in [1.807, 2.05) is 0 Å². The Kier molecular flexibility index (Phi) is 3.19. The summed E-state index contributed by atoms with van der Waals surface area (Å²) in [5, 5.41) is 16.6. The van der Waals surface area contributed by atoms with E-state index in [4.69, 9.17) is 0 Å². The van der Waals surface area contributed by atoms with E-state index in [1.165, 1.54) is 0 Å². The number of nitro benzene ring substituents is 1. The number of rotatable bonds is 3. The van der Waals surface area contributed by atoms with Crippen molar-refractivity contribution in [3.05, 3.63) is 33.9 Å². The van der Waals surface area contributed by atoms with Gasteiger partial charge in [0.25, 0.3) is 0 Å². The third kappa shape index (κ3) is 2.50. The number of anilines is 1. The fraction of sp³-hybridized carbons (Fsp3) is 0.400. The molecule has 0 radical (unpaired) electrons. The monoisotopic (exact) mass is 243 g/mol. The van der Waals surface area contributed by atoms with Gasteiger partial charge in [0, 0.05) is 24.7 Å². The Morgan fingerprint density at radius 3 is 2.82 bits per heavy atom. The van der Waals surface area contributed by atoms with Crippen LogP contribution >= 0.6 is 0 Å². The van der Waals surface area contributed by atoms with Crippen LogP contribution in [0.4, 0.5) is 20.2 Å². The van der Waals surface area contributed by atoms with Crippen LogP contribution in [-0.4, -0.2) is 24.1 Å². The van der Waals surface area contributed by atoms with Crippen molar-refractivity contribution in [2.45, 2.75) is 12.5 Å². The van der Waals surface area contributed by atoms with E-state index in [0.29, 0.717) is 12.6 Å². The molecule has 0 spiro atoms. The third-order valence-corrected chi connectivity index (χ3v) is 2.63. The smallest absolute Gasteiger partial charge is 0.327 e. The molecule has 1 heterocycles. The summed E-state index contributed by atoms with van der Waals surface area (Å²) in [6.07, 6.45) is 0.759. The summed E-state index contributed by atoms with van der Waals surface area (Å²) < 4.78 is 26.3. The van der Waals surface area contributed by atoms with Crippen molar-refractivity contribution in [3.8, 4) is 0 Å². The highest BCUT2D eigenvalue weighted by atomic mass is 19.1. The lowest BCUT2D eigenvalue weighted by Gasteiger charge is -2.13. The number of nitrogens with one attached hydrogen (secondary N) is 2. The van der Waals surface area contributed by atoms with Crippen molar-refractivity contribution in [2.24, 2.45) is 0 Å². The van der Waals surface area contributed by atoms with Crippen LogP contribution in [0.15, 0.2) is 12.1 Å². The summed E-state index contributed by atoms with van der Waals surface area (Å²) in [5.74, 6) is -2.00. The van der Waals surface area contributed by atoms with Crippen molar-refractivity contribution in [1.29, 1.82) is 0 Å². The lowest BCUT2D eigenvalue weighted by molar-refractivity contribution is -0.386. The molecule has 1 fully saturated rings. The van der Waals surface area contributed by atoms with Gasteiger partial charge in [-0.25, -0.2) is 4.39 Å². The summed E-state index contributed by atoms with van der Waals surface area (Å²) in [6, 6.07) is 1.41. The van der Waals surface area contributed by atoms with Crippen LogP contribution in [0.2, 0.25) is 0 Å². The zero-order valence-corrected chi connectivity index (χ0v) is 8.87. The van der Waals surface area contributed by atoms with Crippen LogP contribution in [-0.2, 0) is 0 Å². The molecular weight excluding hydrogens is 232 g/mol. The number of halogens is 2. The van der Waals surface area contributed by atoms with Gasteiger partial charge in [-0.15, -0.1) is 0 Å². The molecule has 1 saturated heterocycles. The lowest BCUT2D eigenvalue weighted by Crippen LogP contribution is -2.22. The van der Waals surface area contributed by atoms with Gasteiger partial charge in [0.1, 0.15) is 11.5 Å². The van der Waals surface area contributed by atoms with E-state index >= 15 is 0 Å². The van der Waals surface area contributed by atoms with Gasteiger partial charge in [-0.3, -0.25) is 10.1 Å². The molecule has 2 rings (SSSR count). The molecule has 1 aliphatic rings. The first kappa shape index (κ1) is 11.7. The first-order valence-electron chi connectivity index (χ1n) is 5.18. The molecule has 7 heteroatoms. The Balaban J connectivity index is 2.32. The highest BCUT2D eigenvalue weighted by Gasteiger charge is 2.24. The average molecular weight is 243 g/mol. The standard InChI is InChI=1S/C10H11F2N3O2/c11-6-3-8(12)10(15(16)17)9(4-6)14-7-1-2-13-5-7/h3-4,7,13-14H,1-2,5H2. The minimum atomic E-state index is -1.16. The second kappa shape index (κ2) is 4.62. The SMILES string of the molecule is O=[N+]([O-])c1c(F)cc(F)cc1NC1CCNC1. The van der Waals surface area contributed by atoms with Crippen molar-refractivity contribution in [2.75, 3.05) is 18.4 Å². The van der Waals surface area contributed by atoms with Crippen LogP contribution in [0, 0.1) is 21.7 Å². The Hall–Kier alpha value is -1.76. The van der Waals surface area contributed by atoms with Gasteiger partial charge < -0.3 is 10.6 Å². The predicted octanol–water partition coefficient (Wildman–Crippen LogP) is 1.65. The summed E-state index contributed by atoms with van der Waals surface area (Å²) in [7, 11) is 0. The van der Waals surface area contributed by atoms with Gasteiger partial charge >= 0.3 is 5.69 Å². The lowest BCUT2D eigenvalue weighted by atomic mass is 10.2. The molecule has 0 saturated carbocycles. The minimum absolute atomic E-state index is 0.0464. The maximum atomic E-state index is 13.3. The highest BCUT2D eigenvalue weighted by Crippen LogP contribution is 2.29. The van der Waals surface area contributed by atoms with Crippen LogP contribution in [0.3, 0.4) is 0 Å². The second-order valence-corrected chi connectivity index (χ2v) is 3.87. The van der Waals surface area contributed by atoms with Crippen LogP contribution in [0.25, 0.3) is 0 Å². The van der Waals surface area contributed by atoms with Gasteiger partial charge in [0.2, 0.25) is 5.82 Å². The van der Waals surface area contributed by atoms with E-state index in [0.717, 1.165) is 19.0 Å². The maximum Gasteiger partial charge on any atom is 0.327 e. The van der Waals surface area contributed by atoms with Crippen LogP contribution in [0.1, 0.15) is 6.42 Å². The summed E-state index contributed by atoms with van der Waals surface area (Å²) in [4.78, 5) is 9.87. The molecule has 1 aliphatic heterocycles. The van der Waals surface area contributed by atoms with Gasteiger partial charge in [-0.05, 0) is 13.0 Å². The summed E-state index contributed by atoms with van der Waals surface area (Å²) in [5.41, 5.74) is -0.820. The topological polar surface area (TPSA) is 67.2 Å². The minimum Gasteiger partial charge on any atom is -0.375 e. The largest absolute Gasteiger partial charge is 0.375 e. The Bertz CT molecular complexity index is 447. The zero-order valence-electron chi connectivity index (χ0n) is 8.87. The van der Waals surface area contributed by atoms with Crippen LogP contribution in [0.5, 0.6) is 0 Å². The molecule has 1 aromatic carbocycles. The van der Waals surface area contributed by atoms with Crippen molar-refractivity contribution in [3.63, 3.8) is 0 Å². The normalized spacial score (nSPS) is 19.3. The van der Waals surface area contributed by atoms with E-state index < -0.39 is 22.2 Å². The van der Waals surface area contributed by atoms with Gasteiger partial charge in [-0.2, -0.15) is 4.39 Å². The molecular formula is C10H11F2N3O2. The molecule has 17 heavy (non-hydrogen) atoms. The summed E-state index contributed by atoms with van der Waals surface area (Å²) in [6.45, 7) is 1.40. The maximum absolute atomic E-state index is 13.3. The fourth-order valence-corrected chi connectivity index (χ4v) is 1.86. The van der Waals surface area contributed by atoms with E-state index in [1.54, 1.807) is 0 Å². The first-order chi connectivity index (χ1) is 8.08. The number of nitro groups is 1. The molecule has 0 aliphatic carbocycles. The van der Waals surface area contributed by atoms with Gasteiger partial charge in [-0.1, -0.05) is 0 Å². The van der Waals surface area contributed by atoms with E-state index in [9.17, 15) is 18.9 Å². The highest BCUT2D eigenvalue weighted by molar-refractivity contribution is 5.62. The fourth-order valence-electron chi connectivity index (χ4n) is 1.86. The molecule has 0 aromatic heterocycles.